The molecule has 11 heavy (non-hydrogen) atoms. The van der Waals surface area contributed by atoms with Crippen molar-refractivity contribution in [2.24, 2.45) is 0 Å². The molecule has 0 aliphatic rings. The van der Waals surface area contributed by atoms with Crippen LogP contribution >= 0.6 is 0 Å². The van der Waals surface area contributed by atoms with Gasteiger partial charge < -0.3 is 8.42 Å². The fourth-order valence-electron chi connectivity index (χ4n) is 0.0945. The minimum absolute atomic E-state index is 0. The molecule has 0 saturated carbocycles. The summed E-state index contributed by atoms with van der Waals surface area (Å²) in [5.41, 5.74) is 0. The molecule has 62 valence electrons. The first-order valence-corrected chi connectivity index (χ1v) is 2.81. The number of hydrogen-bond acceptors (Lipinski definition) is 3. The number of hydrogen-bond donors (Lipinski definition) is 0. The molecule has 0 amide bonds. The van der Waals surface area contributed by atoms with Gasteiger partial charge in [0.15, 0.2) is 0 Å². The number of alkyl halides is 5. The largest absolute Gasteiger partial charge is 1.00 e. The Kier molecular flexibility index (Phi) is 5.16. The Morgan fingerprint density at radius 3 is 1.18 bits per heavy atom. The van der Waals surface area contributed by atoms with Gasteiger partial charge in [0.1, 0.15) is 0 Å². The molecule has 0 spiro atoms. The quantitative estimate of drug-likeness (QED) is 0.296. The van der Waals surface area contributed by atoms with E-state index < -0.39 is 22.1 Å². The standard InChI is InChI=1S/C2F5O2S.Na/c3-1(4,5)2(6,7)10(8)9;/q-1;+1. The van der Waals surface area contributed by atoms with Gasteiger partial charge >= 0.3 is 41.0 Å². The summed E-state index contributed by atoms with van der Waals surface area (Å²) in [5, 5.41) is -5.65. The van der Waals surface area contributed by atoms with Gasteiger partial charge in [-0.05, 0) is 0 Å². The van der Waals surface area contributed by atoms with E-state index in [-0.39, 0.29) is 29.6 Å². The molecule has 0 N–H and O–H groups in total. The summed E-state index contributed by atoms with van der Waals surface area (Å²) in [4.78, 5) is 0. The molecule has 0 atom stereocenters. The fraction of sp³-hybridized carbons (Fsp3) is 1.00. The smallest absolute Gasteiger partial charge is 0.418 e. The summed E-state index contributed by atoms with van der Waals surface area (Å²) in [6.45, 7) is 0. The van der Waals surface area contributed by atoms with Crippen molar-refractivity contribution in [2.45, 2.75) is 11.4 Å². The molecular weight excluding hydrogens is 206 g/mol. The first-order chi connectivity index (χ1) is 4.19. The maximum absolute atomic E-state index is 11.3. The predicted molar refractivity (Wildman–Crippen MR) is 19.7 cm³/mol. The van der Waals surface area contributed by atoms with Crippen LogP contribution in [-0.2, 0) is 19.1 Å². The average Bonchev–Trinajstić information content (AvgIpc) is 1.62. The third-order valence-electron chi connectivity index (χ3n) is 0.539. The van der Waals surface area contributed by atoms with Crippen molar-refractivity contribution in [2.75, 3.05) is 0 Å². The summed E-state index contributed by atoms with van der Waals surface area (Å²) in [6.07, 6.45) is -6.03. The number of halogens is 5. The summed E-state index contributed by atoms with van der Waals surface area (Å²) in [7, 11) is -4.45. The Bertz CT molecular complexity index is 187. The van der Waals surface area contributed by atoms with E-state index >= 15 is 0 Å². The molecule has 0 unspecified atom stereocenters. The maximum Gasteiger partial charge on any atom is 1.00 e. The Morgan fingerprint density at radius 1 is 0.909 bits per heavy atom. The molecule has 0 aliphatic carbocycles. The second-order valence-electron chi connectivity index (χ2n) is 1.25. The second kappa shape index (κ2) is 4.01. The van der Waals surface area contributed by atoms with Crippen molar-refractivity contribution < 1.29 is 59.9 Å². The van der Waals surface area contributed by atoms with Crippen LogP contribution in [0.1, 0.15) is 0 Å². The summed E-state index contributed by atoms with van der Waals surface area (Å²) in [6, 6.07) is 0. The van der Waals surface area contributed by atoms with Crippen molar-refractivity contribution in [3.63, 3.8) is 0 Å². The van der Waals surface area contributed by atoms with Crippen molar-refractivity contribution in [1.29, 1.82) is 0 Å². The van der Waals surface area contributed by atoms with Gasteiger partial charge in [-0.25, -0.2) is 8.78 Å². The number of rotatable bonds is 1. The molecule has 2 nitrogen and oxygen atoms in total. The van der Waals surface area contributed by atoms with Gasteiger partial charge in [-0.15, -0.1) is 0 Å². The fourth-order valence-corrected chi connectivity index (χ4v) is 0.283. The molecule has 0 bridgehead atoms. The molecule has 0 aromatic carbocycles. The van der Waals surface area contributed by atoms with E-state index in [2.05, 4.69) is 0 Å². The second-order valence-corrected chi connectivity index (χ2v) is 2.23. The minimum atomic E-state index is -6.03. The van der Waals surface area contributed by atoms with E-state index in [0.29, 0.717) is 0 Å². The zero-order valence-electron chi connectivity index (χ0n) is 5.11. The summed E-state index contributed by atoms with van der Waals surface area (Å²) >= 11 is 0. The van der Waals surface area contributed by atoms with Crippen LogP contribution in [-0.4, -0.2) is 11.4 Å². The zero-order chi connectivity index (χ0) is 8.58. The third kappa shape index (κ3) is 3.22. The Labute approximate surface area is 82.0 Å². The molecule has 0 saturated heterocycles. The van der Waals surface area contributed by atoms with Gasteiger partial charge in [-0.1, -0.05) is 0 Å². The first kappa shape index (κ1) is 14.1. The topological polar surface area (TPSA) is 34.1 Å². The van der Waals surface area contributed by atoms with Gasteiger partial charge in [0, 0.05) is 10.7 Å². The van der Waals surface area contributed by atoms with E-state index in [4.69, 9.17) is 0 Å². The molecule has 9 heteroatoms. The van der Waals surface area contributed by atoms with Crippen LogP contribution in [0.4, 0.5) is 22.0 Å². The minimum Gasteiger partial charge on any atom is -0.418 e. The van der Waals surface area contributed by atoms with Gasteiger partial charge in [0.25, 0.3) is 0 Å². The van der Waals surface area contributed by atoms with Crippen molar-refractivity contribution in [3.8, 4) is 0 Å². The van der Waals surface area contributed by atoms with E-state index in [1.54, 1.807) is 0 Å². The molecule has 0 aromatic heterocycles. The van der Waals surface area contributed by atoms with Crippen LogP contribution in [0.5, 0.6) is 0 Å². The monoisotopic (exact) mass is 206 g/mol. The molecule has 0 aromatic rings. The normalized spacial score (nSPS) is 12.9. The summed E-state index contributed by atoms with van der Waals surface area (Å²) in [5.74, 6) is 0. The van der Waals surface area contributed by atoms with Crippen LogP contribution in [0.25, 0.3) is 0 Å². The van der Waals surface area contributed by atoms with E-state index in [9.17, 15) is 30.4 Å². The SMILES string of the molecule is O=[S-](=O)C(F)(F)C(F)(F)F.[Na+]. The first-order valence-electron chi connectivity index (χ1n) is 1.73. The molecule has 0 fully saturated rings. The summed E-state index contributed by atoms with van der Waals surface area (Å²) < 4.78 is 73.8. The molecule has 0 heterocycles. The van der Waals surface area contributed by atoms with Gasteiger partial charge in [0.05, 0.1) is 0 Å². The molecule has 0 radical (unpaired) electrons. The van der Waals surface area contributed by atoms with Gasteiger partial charge in [0.2, 0.25) is 0 Å². The third-order valence-corrected chi connectivity index (χ3v) is 1.19. The molecule has 0 rings (SSSR count). The molecular formula is C2F5NaO2S. The predicted octanol–water partition coefficient (Wildman–Crippen LogP) is -1.55. The van der Waals surface area contributed by atoms with Gasteiger partial charge in [-0.3, -0.25) is 0 Å². The van der Waals surface area contributed by atoms with Crippen LogP contribution < -0.4 is 29.6 Å². The molecule has 0 aliphatic heterocycles. The zero-order valence-corrected chi connectivity index (χ0v) is 7.93. The van der Waals surface area contributed by atoms with Gasteiger partial charge in [-0.2, -0.15) is 13.2 Å². The van der Waals surface area contributed by atoms with Crippen LogP contribution in [0, 0.1) is 0 Å². The van der Waals surface area contributed by atoms with Crippen molar-refractivity contribution >= 4 is 10.7 Å². The average molecular weight is 206 g/mol. The van der Waals surface area contributed by atoms with Crippen LogP contribution in [0.15, 0.2) is 0 Å². The maximum atomic E-state index is 11.3. The Hall–Kier alpha value is 0.600. The van der Waals surface area contributed by atoms with E-state index in [1.165, 1.54) is 0 Å². The van der Waals surface area contributed by atoms with Crippen LogP contribution in [0.3, 0.4) is 0 Å². The Balaban J connectivity index is 0. The van der Waals surface area contributed by atoms with Crippen molar-refractivity contribution in [1.82, 2.24) is 0 Å². The van der Waals surface area contributed by atoms with Crippen LogP contribution in [0.2, 0.25) is 0 Å². The Morgan fingerprint density at radius 2 is 1.18 bits per heavy atom. The van der Waals surface area contributed by atoms with E-state index in [0.717, 1.165) is 0 Å². The van der Waals surface area contributed by atoms with Crippen molar-refractivity contribution in [3.05, 3.63) is 0 Å². The van der Waals surface area contributed by atoms with E-state index in [1.807, 2.05) is 0 Å².